The largest absolute Gasteiger partial charge is 0.481 e. The van der Waals surface area contributed by atoms with Crippen LogP contribution in [-0.4, -0.2) is 27.4 Å². The number of thiol groups is 1. The minimum absolute atomic E-state index is 0.0874. The van der Waals surface area contributed by atoms with E-state index >= 15 is 0 Å². The summed E-state index contributed by atoms with van der Waals surface area (Å²) in [7, 11) is 0. The van der Waals surface area contributed by atoms with Crippen LogP contribution in [0.3, 0.4) is 0 Å². The van der Waals surface area contributed by atoms with E-state index in [0.29, 0.717) is 18.8 Å². The van der Waals surface area contributed by atoms with Gasteiger partial charge in [-0.2, -0.15) is 12.6 Å². The number of carbonyl (C=O) groups is 2. The normalized spacial score (nSPS) is 14.8. The van der Waals surface area contributed by atoms with Crippen molar-refractivity contribution in [3.63, 3.8) is 0 Å². The molecule has 0 aromatic heterocycles. The average molecular weight is 248 g/mol. The van der Waals surface area contributed by atoms with Crippen LogP contribution >= 0.6 is 12.6 Å². The molecule has 0 heterocycles. The van der Waals surface area contributed by atoms with Crippen LogP contribution in [0, 0.1) is 11.8 Å². The summed E-state index contributed by atoms with van der Waals surface area (Å²) in [5.74, 6) is -2.02. The SMILES string of the molecule is CC(C)C(S)CCC(CCC(=O)O)C(=O)O. The molecule has 0 bridgehead atoms. The van der Waals surface area contributed by atoms with Crippen molar-refractivity contribution in [2.24, 2.45) is 11.8 Å². The topological polar surface area (TPSA) is 74.6 Å². The highest BCUT2D eigenvalue weighted by Crippen LogP contribution is 2.21. The minimum Gasteiger partial charge on any atom is -0.481 e. The summed E-state index contributed by atoms with van der Waals surface area (Å²) < 4.78 is 0. The highest BCUT2D eigenvalue weighted by Gasteiger charge is 2.20. The van der Waals surface area contributed by atoms with Gasteiger partial charge >= 0.3 is 11.9 Å². The summed E-state index contributed by atoms with van der Waals surface area (Å²) in [4.78, 5) is 21.2. The van der Waals surface area contributed by atoms with Crippen LogP contribution in [-0.2, 0) is 9.59 Å². The van der Waals surface area contributed by atoms with Crippen molar-refractivity contribution >= 4 is 24.6 Å². The third-order valence-electron chi connectivity index (χ3n) is 2.64. The summed E-state index contributed by atoms with van der Waals surface area (Å²) in [6.45, 7) is 4.06. The third kappa shape index (κ3) is 6.71. The summed E-state index contributed by atoms with van der Waals surface area (Å²) in [5, 5.41) is 17.6. The highest BCUT2D eigenvalue weighted by molar-refractivity contribution is 7.81. The summed E-state index contributed by atoms with van der Waals surface area (Å²) in [6.07, 6.45) is 1.31. The van der Waals surface area contributed by atoms with E-state index in [1.807, 2.05) is 13.8 Å². The Balaban J connectivity index is 4.04. The molecule has 0 amide bonds. The molecule has 0 spiro atoms. The number of rotatable bonds is 8. The van der Waals surface area contributed by atoms with Gasteiger partial charge in [0.05, 0.1) is 5.92 Å². The molecule has 0 saturated carbocycles. The molecule has 0 aliphatic rings. The molecule has 5 heteroatoms. The smallest absolute Gasteiger partial charge is 0.306 e. The third-order valence-corrected chi connectivity index (χ3v) is 3.49. The molecule has 2 N–H and O–H groups in total. The first kappa shape index (κ1) is 15.3. The fourth-order valence-electron chi connectivity index (χ4n) is 1.39. The van der Waals surface area contributed by atoms with Crippen LogP contribution in [0.25, 0.3) is 0 Å². The predicted octanol–water partition coefficient (Wildman–Crippen LogP) is 2.29. The van der Waals surface area contributed by atoms with E-state index in [4.69, 9.17) is 10.2 Å². The van der Waals surface area contributed by atoms with E-state index in [2.05, 4.69) is 12.6 Å². The van der Waals surface area contributed by atoms with Crippen LogP contribution in [0.5, 0.6) is 0 Å². The van der Waals surface area contributed by atoms with Crippen LogP contribution in [0.15, 0.2) is 0 Å². The Labute approximate surface area is 101 Å². The first-order chi connectivity index (χ1) is 7.34. The highest BCUT2D eigenvalue weighted by atomic mass is 32.1. The molecule has 2 atom stereocenters. The van der Waals surface area contributed by atoms with Crippen molar-refractivity contribution < 1.29 is 19.8 Å². The molecule has 0 radical (unpaired) electrons. The van der Waals surface area contributed by atoms with Crippen LogP contribution in [0.2, 0.25) is 0 Å². The number of carboxylic acid groups (broad SMARTS) is 2. The standard InChI is InChI=1S/C11H20O4S/c1-7(2)9(16)5-3-8(11(14)15)4-6-10(12)13/h7-9,16H,3-6H2,1-2H3,(H,12,13)(H,14,15). The Morgan fingerprint density at radius 1 is 1.12 bits per heavy atom. The van der Waals surface area contributed by atoms with Gasteiger partial charge in [-0.1, -0.05) is 13.8 Å². The lowest BCUT2D eigenvalue weighted by Crippen LogP contribution is -2.18. The number of carboxylic acids is 2. The van der Waals surface area contributed by atoms with Crippen LogP contribution in [0.4, 0.5) is 0 Å². The molecule has 94 valence electrons. The average Bonchev–Trinajstić information content (AvgIpc) is 2.15. The van der Waals surface area contributed by atoms with Crippen LogP contribution < -0.4 is 0 Å². The van der Waals surface area contributed by atoms with Crippen molar-refractivity contribution in [2.45, 2.75) is 44.8 Å². The molecule has 0 fully saturated rings. The zero-order valence-electron chi connectivity index (χ0n) is 9.72. The second kappa shape index (κ2) is 7.54. The van der Waals surface area contributed by atoms with E-state index in [0.717, 1.165) is 0 Å². The lowest BCUT2D eigenvalue weighted by Gasteiger charge is -2.17. The number of hydrogen-bond acceptors (Lipinski definition) is 3. The Kier molecular flexibility index (Phi) is 7.21. The van der Waals surface area contributed by atoms with E-state index in [1.54, 1.807) is 0 Å². The number of hydrogen-bond donors (Lipinski definition) is 3. The fourth-order valence-corrected chi connectivity index (χ4v) is 1.54. The Morgan fingerprint density at radius 2 is 1.69 bits per heavy atom. The van der Waals surface area contributed by atoms with E-state index in [1.165, 1.54) is 0 Å². The molecule has 0 saturated heterocycles. The number of aliphatic carboxylic acids is 2. The molecule has 0 aromatic carbocycles. The Hall–Kier alpha value is -0.710. The lowest BCUT2D eigenvalue weighted by atomic mass is 9.94. The van der Waals surface area contributed by atoms with Crippen molar-refractivity contribution in [1.29, 1.82) is 0 Å². The van der Waals surface area contributed by atoms with Gasteiger partial charge in [0.2, 0.25) is 0 Å². The van der Waals surface area contributed by atoms with Gasteiger partial charge < -0.3 is 10.2 Å². The second-order valence-corrected chi connectivity index (χ2v) is 5.02. The Morgan fingerprint density at radius 3 is 2.06 bits per heavy atom. The lowest BCUT2D eigenvalue weighted by molar-refractivity contribution is -0.143. The van der Waals surface area contributed by atoms with Gasteiger partial charge in [-0.25, -0.2) is 0 Å². The molecule has 16 heavy (non-hydrogen) atoms. The maximum atomic E-state index is 10.9. The molecular formula is C11H20O4S. The molecule has 0 aliphatic carbocycles. The molecule has 0 rings (SSSR count). The van der Waals surface area contributed by atoms with Crippen molar-refractivity contribution in [3.8, 4) is 0 Å². The van der Waals surface area contributed by atoms with Gasteiger partial charge in [0.25, 0.3) is 0 Å². The van der Waals surface area contributed by atoms with Crippen molar-refractivity contribution in [1.82, 2.24) is 0 Å². The maximum absolute atomic E-state index is 10.9. The maximum Gasteiger partial charge on any atom is 0.306 e. The van der Waals surface area contributed by atoms with Gasteiger partial charge in [-0.15, -0.1) is 0 Å². The fraction of sp³-hybridized carbons (Fsp3) is 0.818. The first-order valence-electron chi connectivity index (χ1n) is 5.47. The summed E-state index contributed by atoms with van der Waals surface area (Å²) in [6, 6.07) is 0. The molecule has 2 unspecified atom stereocenters. The summed E-state index contributed by atoms with van der Waals surface area (Å²) in [5.41, 5.74) is 0. The van der Waals surface area contributed by atoms with Crippen LogP contribution in [0.1, 0.15) is 39.5 Å². The Bertz CT molecular complexity index is 240. The zero-order valence-corrected chi connectivity index (χ0v) is 10.6. The quantitative estimate of drug-likeness (QED) is 0.576. The van der Waals surface area contributed by atoms with Crippen molar-refractivity contribution in [2.75, 3.05) is 0 Å². The van der Waals surface area contributed by atoms with Gasteiger partial charge in [0.1, 0.15) is 0 Å². The molecule has 0 aromatic rings. The van der Waals surface area contributed by atoms with Gasteiger partial charge in [0, 0.05) is 11.7 Å². The molecule has 4 nitrogen and oxygen atoms in total. The van der Waals surface area contributed by atoms with E-state index in [-0.39, 0.29) is 18.1 Å². The van der Waals surface area contributed by atoms with E-state index in [9.17, 15) is 9.59 Å². The minimum atomic E-state index is -0.947. The monoisotopic (exact) mass is 248 g/mol. The van der Waals surface area contributed by atoms with E-state index < -0.39 is 17.9 Å². The predicted molar refractivity (Wildman–Crippen MR) is 64.8 cm³/mol. The molecule has 0 aliphatic heterocycles. The van der Waals surface area contributed by atoms with Crippen molar-refractivity contribution in [3.05, 3.63) is 0 Å². The second-order valence-electron chi connectivity index (χ2n) is 4.36. The first-order valence-corrected chi connectivity index (χ1v) is 5.99. The van der Waals surface area contributed by atoms with Gasteiger partial charge in [0.15, 0.2) is 0 Å². The van der Waals surface area contributed by atoms with Gasteiger partial charge in [-0.3, -0.25) is 9.59 Å². The summed E-state index contributed by atoms with van der Waals surface area (Å²) >= 11 is 4.37. The van der Waals surface area contributed by atoms with Gasteiger partial charge in [-0.05, 0) is 25.2 Å². The molecular weight excluding hydrogens is 228 g/mol. The zero-order chi connectivity index (χ0) is 12.7.